The van der Waals surface area contributed by atoms with E-state index in [1.165, 1.54) is 0 Å². The van der Waals surface area contributed by atoms with Crippen molar-refractivity contribution in [3.05, 3.63) is 22.8 Å². The first-order valence-corrected chi connectivity index (χ1v) is 6.45. The molecular weight excluding hydrogens is 224 g/mol. The summed E-state index contributed by atoms with van der Waals surface area (Å²) in [6.07, 6.45) is 0.764. The van der Waals surface area contributed by atoms with Gasteiger partial charge in [-0.05, 0) is 12.2 Å². The van der Waals surface area contributed by atoms with E-state index in [-0.39, 0.29) is 11.6 Å². The maximum Gasteiger partial charge on any atom is 0.354 e. The summed E-state index contributed by atoms with van der Waals surface area (Å²) < 4.78 is 0. The average Bonchev–Trinajstić information content (AvgIpc) is 2.27. The highest BCUT2D eigenvalue weighted by molar-refractivity contribution is 7.98. The fourth-order valence-electron chi connectivity index (χ4n) is 1.71. The molecule has 0 fully saturated rings. The van der Waals surface area contributed by atoms with E-state index in [9.17, 15) is 4.79 Å². The molecule has 5 heteroatoms. The Morgan fingerprint density at radius 3 is 2.81 bits per heavy atom. The molecule has 0 bridgehead atoms. The van der Waals surface area contributed by atoms with Crippen molar-refractivity contribution in [3.8, 4) is 0 Å². The predicted octanol–water partition coefficient (Wildman–Crippen LogP) is 2.09. The molecule has 4 nitrogen and oxygen atoms in total. The monoisotopic (exact) mass is 238 g/mol. The Hall–Kier alpha value is -1.10. The molecule has 0 saturated heterocycles. The highest BCUT2D eigenvalue weighted by Gasteiger charge is 2.22. The minimum Gasteiger partial charge on any atom is -0.477 e. The maximum absolute atomic E-state index is 11.2. The van der Waals surface area contributed by atoms with Gasteiger partial charge in [0.25, 0.3) is 0 Å². The molecule has 0 unspecified atom stereocenters. The lowest BCUT2D eigenvalue weighted by molar-refractivity contribution is 0.0688. The molecule has 0 radical (unpaired) electrons. The number of fused-ring (bicyclic) bond motifs is 1. The molecule has 0 amide bonds. The smallest absolute Gasteiger partial charge is 0.354 e. The standard InChI is InChI=1S/C11H14N2O2S/c1-6(2)10-12-8-5-16-4-3-7(8)9(13-10)11(14)15/h6H,3-5H2,1-2H3,(H,14,15). The minimum absolute atomic E-state index is 0.162. The van der Waals surface area contributed by atoms with Crippen LogP contribution in [0.15, 0.2) is 0 Å². The Kier molecular flexibility index (Phi) is 3.14. The Balaban J connectivity index is 2.56. The topological polar surface area (TPSA) is 63.1 Å². The highest BCUT2D eigenvalue weighted by atomic mass is 32.2. The molecule has 2 rings (SSSR count). The van der Waals surface area contributed by atoms with Crippen LogP contribution in [0.5, 0.6) is 0 Å². The molecular formula is C11H14N2O2S. The van der Waals surface area contributed by atoms with Crippen molar-refractivity contribution in [3.63, 3.8) is 0 Å². The normalized spacial score (nSPS) is 14.9. The summed E-state index contributed by atoms with van der Waals surface area (Å²) in [4.78, 5) is 19.8. The molecule has 0 aliphatic carbocycles. The molecule has 0 saturated carbocycles. The summed E-state index contributed by atoms with van der Waals surface area (Å²) in [5.41, 5.74) is 1.94. The molecule has 2 heterocycles. The molecule has 16 heavy (non-hydrogen) atoms. The number of carboxylic acids is 1. The van der Waals surface area contributed by atoms with Crippen LogP contribution in [0.25, 0.3) is 0 Å². The van der Waals surface area contributed by atoms with Crippen LogP contribution in [-0.4, -0.2) is 26.8 Å². The van der Waals surface area contributed by atoms with E-state index in [0.717, 1.165) is 29.2 Å². The molecule has 86 valence electrons. The van der Waals surface area contributed by atoms with E-state index in [0.29, 0.717) is 5.82 Å². The van der Waals surface area contributed by atoms with E-state index in [1.54, 1.807) is 11.8 Å². The van der Waals surface area contributed by atoms with Gasteiger partial charge in [-0.3, -0.25) is 0 Å². The molecule has 1 aromatic heterocycles. The van der Waals surface area contributed by atoms with Gasteiger partial charge in [0.2, 0.25) is 0 Å². The fourth-order valence-corrected chi connectivity index (χ4v) is 2.63. The van der Waals surface area contributed by atoms with Crippen molar-refractivity contribution in [2.45, 2.75) is 31.9 Å². The lowest BCUT2D eigenvalue weighted by Gasteiger charge is -2.18. The number of carboxylic acid groups (broad SMARTS) is 1. The first-order chi connectivity index (χ1) is 7.59. The summed E-state index contributed by atoms with van der Waals surface area (Å²) >= 11 is 1.80. The number of nitrogens with zero attached hydrogens (tertiary/aromatic N) is 2. The third kappa shape index (κ3) is 2.04. The number of aromatic carboxylic acids is 1. The minimum atomic E-state index is -0.938. The van der Waals surface area contributed by atoms with Crippen molar-refractivity contribution in [2.75, 3.05) is 5.75 Å². The van der Waals surface area contributed by atoms with E-state index < -0.39 is 5.97 Å². The first kappa shape index (κ1) is 11.4. The van der Waals surface area contributed by atoms with Crippen molar-refractivity contribution < 1.29 is 9.90 Å². The number of aromatic nitrogens is 2. The van der Waals surface area contributed by atoms with Crippen LogP contribution in [0.3, 0.4) is 0 Å². The number of thioether (sulfide) groups is 1. The number of rotatable bonds is 2. The number of carbonyl (C=O) groups is 1. The van der Waals surface area contributed by atoms with Crippen LogP contribution in [-0.2, 0) is 12.2 Å². The molecule has 1 aliphatic heterocycles. The Labute approximate surface area is 98.5 Å². The summed E-state index contributed by atoms with van der Waals surface area (Å²) in [5, 5.41) is 9.15. The molecule has 1 N–H and O–H groups in total. The van der Waals surface area contributed by atoms with E-state index >= 15 is 0 Å². The summed E-state index contributed by atoms with van der Waals surface area (Å²) in [6, 6.07) is 0. The zero-order valence-corrected chi connectivity index (χ0v) is 10.2. The van der Waals surface area contributed by atoms with Crippen molar-refractivity contribution >= 4 is 17.7 Å². The third-order valence-electron chi connectivity index (χ3n) is 2.56. The number of hydrogen-bond donors (Lipinski definition) is 1. The quantitative estimate of drug-likeness (QED) is 0.854. The van der Waals surface area contributed by atoms with Gasteiger partial charge >= 0.3 is 5.97 Å². The zero-order valence-electron chi connectivity index (χ0n) is 9.36. The average molecular weight is 238 g/mol. The van der Waals surface area contributed by atoms with Crippen molar-refractivity contribution in [2.24, 2.45) is 0 Å². The van der Waals surface area contributed by atoms with Gasteiger partial charge in [0.1, 0.15) is 5.82 Å². The third-order valence-corrected chi connectivity index (χ3v) is 3.53. The van der Waals surface area contributed by atoms with E-state index in [2.05, 4.69) is 9.97 Å². The maximum atomic E-state index is 11.2. The zero-order chi connectivity index (χ0) is 11.7. The van der Waals surface area contributed by atoms with Gasteiger partial charge in [-0.25, -0.2) is 14.8 Å². The van der Waals surface area contributed by atoms with Gasteiger partial charge < -0.3 is 5.11 Å². The SMILES string of the molecule is CC(C)c1nc2c(c(C(=O)O)n1)CCSC2. The van der Waals surface area contributed by atoms with Crippen LogP contribution in [0.1, 0.15) is 47.3 Å². The van der Waals surface area contributed by atoms with E-state index in [1.807, 2.05) is 13.8 Å². The Morgan fingerprint density at radius 1 is 1.44 bits per heavy atom. The van der Waals surface area contributed by atoms with Crippen molar-refractivity contribution in [1.29, 1.82) is 0 Å². The summed E-state index contributed by atoms with van der Waals surface area (Å²) in [7, 11) is 0. The van der Waals surface area contributed by atoms with Gasteiger partial charge in [0, 0.05) is 17.2 Å². The Bertz CT molecular complexity index is 432. The summed E-state index contributed by atoms with van der Waals surface area (Å²) in [5.74, 6) is 1.62. The van der Waals surface area contributed by atoms with Crippen LogP contribution in [0.4, 0.5) is 0 Å². The van der Waals surface area contributed by atoms with Gasteiger partial charge in [0.05, 0.1) is 5.69 Å². The fraction of sp³-hybridized carbons (Fsp3) is 0.545. The lowest BCUT2D eigenvalue weighted by Crippen LogP contribution is -2.17. The molecule has 1 aliphatic rings. The van der Waals surface area contributed by atoms with Gasteiger partial charge in [-0.1, -0.05) is 13.8 Å². The van der Waals surface area contributed by atoms with Crippen molar-refractivity contribution in [1.82, 2.24) is 9.97 Å². The van der Waals surface area contributed by atoms with E-state index in [4.69, 9.17) is 5.11 Å². The second kappa shape index (κ2) is 4.41. The van der Waals surface area contributed by atoms with Crippen LogP contribution in [0.2, 0.25) is 0 Å². The van der Waals surface area contributed by atoms with Gasteiger partial charge in [-0.2, -0.15) is 11.8 Å². The second-order valence-electron chi connectivity index (χ2n) is 4.12. The number of hydrogen-bond acceptors (Lipinski definition) is 4. The second-order valence-corrected chi connectivity index (χ2v) is 5.22. The van der Waals surface area contributed by atoms with Crippen LogP contribution in [0, 0.1) is 0 Å². The molecule has 0 spiro atoms. The highest BCUT2D eigenvalue weighted by Crippen LogP contribution is 2.26. The molecule has 0 aromatic carbocycles. The largest absolute Gasteiger partial charge is 0.477 e. The summed E-state index contributed by atoms with van der Waals surface area (Å²) in [6.45, 7) is 3.95. The van der Waals surface area contributed by atoms with Gasteiger partial charge in [-0.15, -0.1) is 0 Å². The van der Waals surface area contributed by atoms with Gasteiger partial charge in [0.15, 0.2) is 5.69 Å². The Morgan fingerprint density at radius 2 is 2.19 bits per heavy atom. The van der Waals surface area contributed by atoms with Crippen LogP contribution >= 0.6 is 11.8 Å². The molecule has 1 aromatic rings. The molecule has 0 atom stereocenters. The lowest BCUT2D eigenvalue weighted by atomic mass is 10.1. The predicted molar refractivity (Wildman–Crippen MR) is 62.9 cm³/mol. The van der Waals surface area contributed by atoms with Crippen LogP contribution < -0.4 is 0 Å². The first-order valence-electron chi connectivity index (χ1n) is 5.30.